The van der Waals surface area contributed by atoms with Crippen LogP contribution in [0.1, 0.15) is 24.2 Å². The standard InChI is InChI=1S/C17H18N4O2S2/c1-10-11(2)25-17-14(10)16(23)20-13(21-17)9-24-8-7-19-15(22)12-3-5-18-6-4-12/h3-6,14H,7-9H2,1-2H3,(H,19,22). The third-order valence-electron chi connectivity index (χ3n) is 3.92. The summed E-state index contributed by atoms with van der Waals surface area (Å²) in [4.78, 5) is 37.8. The molecule has 130 valence electrons. The molecule has 2 aliphatic heterocycles. The fraction of sp³-hybridized carbons (Fsp3) is 0.353. The third-order valence-corrected chi connectivity index (χ3v) is 6.04. The average molecular weight is 374 g/mol. The molecule has 0 fully saturated rings. The molecule has 3 rings (SSSR count). The van der Waals surface area contributed by atoms with E-state index in [1.54, 1.807) is 48.1 Å². The summed E-state index contributed by atoms with van der Waals surface area (Å²) in [6, 6.07) is 3.35. The lowest BCUT2D eigenvalue weighted by Gasteiger charge is -2.14. The van der Waals surface area contributed by atoms with E-state index in [0.717, 1.165) is 21.3 Å². The first-order chi connectivity index (χ1) is 12.1. The molecule has 8 heteroatoms. The second-order valence-electron chi connectivity index (χ2n) is 5.63. The fourth-order valence-corrected chi connectivity index (χ4v) is 4.32. The van der Waals surface area contributed by atoms with Crippen molar-refractivity contribution in [3.05, 3.63) is 40.6 Å². The van der Waals surface area contributed by atoms with E-state index in [2.05, 4.69) is 20.3 Å². The van der Waals surface area contributed by atoms with Crippen molar-refractivity contribution < 1.29 is 9.59 Å². The minimum Gasteiger partial charge on any atom is -0.351 e. The van der Waals surface area contributed by atoms with Gasteiger partial charge in [-0.15, -0.1) is 0 Å². The number of hydrogen-bond acceptors (Lipinski definition) is 6. The Kier molecular flexibility index (Phi) is 5.70. The number of amides is 2. The molecule has 0 aromatic carbocycles. The first-order valence-electron chi connectivity index (χ1n) is 7.87. The van der Waals surface area contributed by atoms with Crippen molar-refractivity contribution in [2.45, 2.75) is 13.8 Å². The lowest BCUT2D eigenvalue weighted by Crippen LogP contribution is -2.27. The molecule has 2 amide bonds. The summed E-state index contributed by atoms with van der Waals surface area (Å²) in [5, 5.41) is 3.70. The Morgan fingerprint density at radius 2 is 2.04 bits per heavy atom. The number of carbonyl (C=O) groups excluding carboxylic acids is 2. The summed E-state index contributed by atoms with van der Waals surface area (Å²) in [7, 11) is 0. The number of allylic oxidation sites excluding steroid dienone is 1. The number of amidine groups is 1. The van der Waals surface area contributed by atoms with Crippen molar-refractivity contribution in [1.29, 1.82) is 0 Å². The molecule has 0 spiro atoms. The molecular formula is C17H18N4O2S2. The summed E-state index contributed by atoms with van der Waals surface area (Å²) in [5.74, 6) is 1.35. The molecule has 0 bridgehead atoms. The van der Waals surface area contributed by atoms with Crippen molar-refractivity contribution in [3.63, 3.8) is 0 Å². The Balaban J connectivity index is 1.43. The molecule has 1 aromatic heterocycles. The van der Waals surface area contributed by atoms with Gasteiger partial charge in [0.2, 0.25) is 0 Å². The van der Waals surface area contributed by atoms with Gasteiger partial charge in [0.05, 0.1) is 10.8 Å². The van der Waals surface area contributed by atoms with E-state index >= 15 is 0 Å². The van der Waals surface area contributed by atoms with E-state index in [1.165, 1.54) is 0 Å². The first kappa shape index (κ1) is 17.9. The molecule has 1 atom stereocenters. The molecule has 6 nitrogen and oxygen atoms in total. The Hall–Kier alpha value is -1.93. The van der Waals surface area contributed by atoms with Crippen LogP contribution >= 0.6 is 23.5 Å². The minimum absolute atomic E-state index is 0.115. The topological polar surface area (TPSA) is 83.8 Å². The summed E-state index contributed by atoms with van der Waals surface area (Å²) >= 11 is 3.16. The van der Waals surface area contributed by atoms with Gasteiger partial charge in [0, 0.05) is 30.3 Å². The van der Waals surface area contributed by atoms with E-state index < -0.39 is 0 Å². The highest BCUT2D eigenvalue weighted by Gasteiger charge is 2.36. The number of aromatic nitrogens is 1. The van der Waals surface area contributed by atoms with Crippen LogP contribution in [-0.2, 0) is 4.79 Å². The number of thioether (sulfide) groups is 2. The van der Waals surface area contributed by atoms with E-state index in [1.807, 2.05) is 13.8 Å². The van der Waals surface area contributed by atoms with Crippen molar-refractivity contribution >= 4 is 46.2 Å². The number of pyridine rings is 1. The van der Waals surface area contributed by atoms with Crippen LogP contribution in [0.4, 0.5) is 0 Å². The molecule has 0 saturated heterocycles. The van der Waals surface area contributed by atoms with Gasteiger partial charge in [-0.2, -0.15) is 16.8 Å². The van der Waals surface area contributed by atoms with E-state index in [9.17, 15) is 9.59 Å². The molecule has 1 N–H and O–H groups in total. The van der Waals surface area contributed by atoms with Crippen LogP contribution in [0.15, 0.2) is 45.0 Å². The van der Waals surface area contributed by atoms with Gasteiger partial charge in [-0.3, -0.25) is 14.6 Å². The van der Waals surface area contributed by atoms with E-state index in [0.29, 0.717) is 23.7 Å². The normalized spacial score (nSPS) is 19.4. The number of nitrogens with zero attached hydrogens (tertiary/aromatic N) is 3. The molecule has 3 heterocycles. The number of carbonyl (C=O) groups is 2. The third kappa shape index (κ3) is 4.19. The number of aliphatic imine (C=N–C) groups is 2. The van der Waals surface area contributed by atoms with Gasteiger partial charge in [-0.05, 0) is 36.5 Å². The monoisotopic (exact) mass is 374 g/mol. The zero-order valence-electron chi connectivity index (χ0n) is 14.0. The zero-order chi connectivity index (χ0) is 17.8. The number of rotatable bonds is 6. The van der Waals surface area contributed by atoms with Gasteiger partial charge in [0.25, 0.3) is 11.8 Å². The highest BCUT2D eigenvalue weighted by atomic mass is 32.2. The molecule has 25 heavy (non-hydrogen) atoms. The van der Waals surface area contributed by atoms with Crippen LogP contribution in [0.2, 0.25) is 0 Å². The van der Waals surface area contributed by atoms with Crippen LogP contribution in [0.5, 0.6) is 0 Å². The Labute approximate surface area is 154 Å². The zero-order valence-corrected chi connectivity index (χ0v) is 15.6. The van der Waals surface area contributed by atoms with E-state index in [-0.39, 0.29) is 17.7 Å². The van der Waals surface area contributed by atoms with Crippen molar-refractivity contribution in [2.75, 3.05) is 18.1 Å². The Morgan fingerprint density at radius 1 is 1.28 bits per heavy atom. The van der Waals surface area contributed by atoms with Crippen molar-refractivity contribution in [2.24, 2.45) is 15.9 Å². The summed E-state index contributed by atoms with van der Waals surface area (Å²) < 4.78 is 0. The Bertz CT molecular complexity index is 787. The van der Waals surface area contributed by atoms with Crippen LogP contribution < -0.4 is 5.32 Å². The largest absolute Gasteiger partial charge is 0.351 e. The SMILES string of the molecule is CC1=C(C)C2C(=O)N=C(CSCCNC(=O)c3ccncc3)N=C2S1. The molecule has 0 saturated carbocycles. The highest BCUT2D eigenvalue weighted by molar-refractivity contribution is 8.17. The average Bonchev–Trinajstić information content (AvgIpc) is 2.89. The molecule has 2 aliphatic rings. The van der Waals surface area contributed by atoms with Crippen molar-refractivity contribution in [1.82, 2.24) is 10.3 Å². The van der Waals surface area contributed by atoms with Gasteiger partial charge >= 0.3 is 0 Å². The smallest absolute Gasteiger partial charge is 0.261 e. The van der Waals surface area contributed by atoms with Gasteiger partial charge in [-0.1, -0.05) is 11.8 Å². The van der Waals surface area contributed by atoms with Crippen molar-refractivity contribution in [3.8, 4) is 0 Å². The van der Waals surface area contributed by atoms with Gasteiger partial charge in [0.15, 0.2) is 0 Å². The van der Waals surface area contributed by atoms with Crippen LogP contribution in [0.3, 0.4) is 0 Å². The van der Waals surface area contributed by atoms with Gasteiger partial charge < -0.3 is 5.32 Å². The van der Waals surface area contributed by atoms with Crippen LogP contribution in [0.25, 0.3) is 0 Å². The van der Waals surface area contributed by atoms with Gasteiger partial charge in [-0.25, -0.2) is 4.99 Å². The fourth-order valence-electron chi connectivity index (χ4n) is 2.48. The summed E-state index contributed by atoms with van der Waals surface area (Å²) in [6.07, 6.45) is 3.18. The quantitative estimate of drug-likeness (QED) is 0.774. The van der Waals surface area contributed by atoms with Crippen LogP contribution in [0, 0.1) is 5.92 Å². The predicted molar refractivity (Wildman–Crippen MR) is 103 cm³/mol. The summed E-state index contributed by atoms with van der Waals surface area (Å²) in [6.45, 7) is 4.52. The molecule has 1 aromatic rings. The molecule has 0 radical (unpaired) electrons. The predicted octanol–water partition coefficient (Wildman–Crippen LogP) is 2.54. The number of fused-ring (bicyclic) bond motifs is 1. The minimum atomic E-state index is -0.265. The lowest BCUT2D eigenvalue weighted by molar-refractivity contribution is -0.118. The van der Waals surface area contributed by atoms with Gasteiger partial charge in [0.1, 0.15) is 11.8 Å². The lowest BCUT2D eigenvalue weighted by atomic mass is 10.0. The number of nitrogens with one attached hydrogen (secondary N) is 1. The maximum absolute atomic E-state index is 12.2. The maximum atomic E-state index is 12.2. The number of hydrogen-bond donors (Lipinski definition) is 1. The first-order valence-corrected chi connectivity index (χ1v) is 9.84. The summed E-state index contributed by atoms with van der Waals surface area (Å²) in [5.41, 5.74) is 1.65. The molecular weight excluding hydrogens is 356 g/mol. The molecule has 1 unspecified atom stereocenters. The van der Waals surface area contributed by atoms with Crippen LogP contribution in [-0.4, -0.2) is 45.7 Å². The van der Waals surface area contributed by atoms with E-state index in [4.69, 9.17) is 0 Å². The maximum Gasteiger partial charge on any atom is 0.261 e. The second-order valence-corrected chi connectivity index (χ2v) is 7.97. The Morgan fingerprint density at radius 3 is 2.80 bits per heavy atom. The molecule has 0 aliphatic carbocycles. The second kappa shape index (κ2) is 7.97. The highest BCUT2D eigenvalue weighted by Crippen LogP contribution is 2.39.